The van der Waals surface area contributed by atoms with Gasteiger partial charge in [0.2, 0.25) is 0 Å². The van der Waals surface area contributed by atoms with Gasteiger partial charge >= 0.3 is 5.97 Å². The van der Waals surface area contributed by atoms with Crippen molar-refractivity contribution in [3.05, 3.63) is 28.8 Å². The minimum Gasteiger partial charge on any atom is -0.478 e. The maximum Gasteiger partial charge on any atom is 0.335 e. The van der Waals surface area contributed by atoms with Crippen LogP contribution in [-0.2, 0) is 0 Å². The number of aromatic carboxylic acids is 1. The summed E-state index contributed by atoms with van der Waals surface area (Å²) < 4.78 is 0. The van der Waals surface area contributed by atoms with Gasteiger partial charge in [0.25, 0.3) is 0 Å². The van der Waals surface area contributed by atoms with E-state index < -0.39 is 5.97 Å². The van der Waals surface area contributed by atoms with Crippen molar-refractivity contribution >= 4 is 23.3 Å². The average molecular weight is 253 g/mol. The molecule has 0 aliphatic heterocycles. The summed E-state index contributed by atoms with van der Waals surface area (Å²) in [5.74, 6) is -1.12. The zero-order valence-corrected chi connectivity index (χ0v) is 10.4. The van der Waals surface area contributed by atoms with Gasteiger partial charge in [0, 0.05) is 13.6 Å². The Balaban J connectivity index is 2.93. The SMILES string of the molecule is CC(C#N)CN(C)c1ccc(C(=O)O)cc1Cl. The highest BCUT2D eigenvalue weighted by Gasteiger charge is 2.12. The fourth-order valence-corrected chi connectivity index (χ4v) is 1.82. The van der Waals surface area contributed by atoms with Crippen LogP contribution >= 0.6 is 11.6 Å². The first-order chi connectivity index (χ1) is 7.95. The first-order valence-corrected chi connectivity index (χ1v) is 5.47. The number of carboxylic acid groups (broad SMARTS) is 1. The van der Waals surface area contributed by atoms with E-state index in [0.717, 1.165) is 5.69 Å². The predicted octanol–water partition coefficient (Wildman–Crippen LogP) is 2.63. The predicted molar refractivity (Wildman–Crippen MR) is 66.5 cm³/mol. The van der Waals surface area contributed by atoms with Gasteiger partial charge in [-0.1, -0.05) is 11.6 Å². The molecule has 17 heavy (non-hydrogen) atoms. The molecule has 1 aromatic carbocycles. The summed E-state index contributed by atoms with van der Waals surface area (Å²) in [7, 11) is 1.81. The number of nitriles is 1. The summed E-state index contributed by atoms with van der Waals surface area (Å²) in [5.41, 5.74) is 0.874. The van der Waals surface area contributed by atoms with Gasteiger partial charge in [-0.15, -0.1) is 0 Å². The van der Waals surface area contributed by atoms with Crippen LogP contribution in [0.25, 0.3) is 0 Å². The third kappa shape index (κ3) is 3.36. The number of hydrogen-bond donors (Lipinski definition) is 1. The molecule has 0 fully saturated rings. The van der Waals surface area contributed by atoms with E-state index in [2.05, 4.69) is 6.07 Å². The zero-order chi connectivity index (χ0) is 13.0. The van der Waals surface area contributed by atoms with E-state index in [0.29, 0.717) is 11.6 Å². The van der Waals surface area contributed by atoms with Gasteiger partial charge < -0.3 is 10.0 Å². The van der Waals surface area contributed by atoms with Crippen LogP contribution in [0, 0.1) is 17.2 Å². The molecule has 0 spiro atoms. The zero-order valence-electron chi connectivity index (χ0n) is 9.64. The highest BCUT2D eigenvalue weighted by Crippen LogP contribution is 2.26. The van der Waals surface area contributed by atoms with E-state index in [1.807, 2.05) is 18.9 Å². The Morgan fingerprint density at radius 3 is 2.76 bits per heavy atom. The van der Waals surface area contributed by atoms with E-state index in [4.69, 9.17) is 22.0 Å². The molecule has 0 amide bonds. The van der Waals surface area contributed by atoms with Crippen molar-refractivity contribution in [2.45, 2.75) is 6.92 Å². The summed E-state index contributed by atoms with van der Waals surface area (Å²) in [6, 6.07) is 6.69. The number of nitrogens with zero attached hydrogens (tertiary/aromatic N) is 2. The number of carbonyl (C=O) groups is 1. The molecule has 0 heterocycles. The summed E-state index contributed by atoms with van der Waals surface area (Å²) in [6.07, 6.45) is 0. The molecule has 0 saturated carbocycles. The van der Waals surface area contributed by atoms with Gasteiger partial charge in [-0.25, -0.2) is 4.79 Å². The number of halogens is 1. The Kier molecular flexibility index (Phi) is 4.36. The molecule has 1 aromatic rings. The van der Waals surface area contributed by atoms with Crippen molar-refractivity contribution in [1.82, 2.24) is 0 Å². The molecule has 0 aromatic heterocycles. The van der Waals surface area contributed by atoms with Gasteiger partial charge in [-0.3, -0.25) is 0 Å². The van der Waals surface area contributed by atoms with Crippen LogP contribution < -0.4 is 4.90 Å². The van der Waals surface area contributed by atoms with Crippen LogP contribution in [0.2, 0.25) is 5.02 Å². The van der Waals surface area contributed by atoms with Crippen molar-refractivity contribution in [2.24, 2.45) is 5.92 Å². The molecule has 0 aliphatic carbocycles. The molecule has 90 valence electrons. The Morgan fingerprint density at radius 1 is 1.65 bits per heavy atom. The van der Waals surface area contributed by atoms with Crippen LogP contribution in [0.4, 0.5) is 5.69 Å². The normalized spacial score (nSPS) is 11.6. The molecule has 1 atom stereocenters. The first-order valence-electron chi connectivity index (χ1n) is 5.09. The van der Waals surface area contributed by atoms with Gasteiger partial charge in [0.1, 0.15) is 0 Å². The van der Waals surface area contributed by atoms with Gasteiger partial charge in [-0.2, -0.15) is 5.26 Å². The Morgan fingerprint density at radius 2 is 2.29 bits per heavy atom. The molecule has 5 heteroatoms. The minimum atomic E-state index is -1.01. The fourth-order valence-electron chi connectivity index (χ4n) is 1.50. The lowest BCUT2D eigenvalue weighted by Gasteiger charge is -2.21. The quantitative estimate of drug-likeness (QED) is 0.895. The van der Waals surface area contributed by atoms with Crippen molar-refractivity contribution < 1.29 is 9.90 Å². The second-order valence-corrected chi connectivity index (χ2v) is 4.29. The van der Waals surface area contributed by atoms with Crippen molar-refractivity contribution in [3.8, 4) is 6.07 Å². The maximum absolute atomic E-state index is 10.7. The van der Waals surface area contributed by atoms with Gasteiger partial charge in [0.05, 0.1) is 28.3 Å². The smallest absolute Gasteiger partial charge is 0.335 e. The van der Waals surface area contributed by atoms with E-state index in [-0.39, 0.29) is 11.5 Å². The number of benzene rings is 1. The van der Waals surface area contributed by atoms with E-state index >= 15 is 0 Å². The number of hydrogen-bond acceptors (Lipinski definition) is 3. The standard InChI is InChI=1S/C12H13ClN2O2/c1-8(6-14)7-15(2)11-4-3-9(12(16)17)5-10(11)13/h3-5,8H,7H2,1-2H3,(H,16,17). The second-order valence-electron chi connectivity index (χ2n) is 3.88. The number of anilines is 1. The Hall–Kier alpha value is -1.73. The fraction of sp³-hybridized carbons (Fsp3) is 0.333. The van der Waals surface area contributed by atoms with Crippen LogP contribution in [0.1, 0.15) is 17.3 Å². The minimum absolute atomic E-state index is 0.116. The summed E-state index contributed by atoms with van der Waals surface area (Å²) in [4.78, 5) is 12.6. The Labute approximate surface area is 105 Å². The van der Waals surface area contributed by atoms with Crippen molar-refractivity contribution in [1.29, 1.82) is 5.26 Å². The van der Waals surface area contributed by atoms with Crippen molar-refractivity contribution in [3.63, 3.8) is 0 Å². The summed E-state index contributed by atoms with van der Waals surface area (Å²) in [5, 5.41) is 17.9. The molecule has 1 rings (SSSR count). The van der Waals surface area contributed by atoms with Gasteiger partial charge in [-0.05, 0) is 25.1 Å². The maximum atomic E-state index is 10.7. The van der Waals surface area contributed by atoms with Gasteiger partial charge in [0.15, 0.2) is 0 Å². The number of carboxylic acids is 1. The molecular weight excluding hydrogens is 240 g/mol. The second kappa shape index (κ2) is 5.55. The molecule has 0 bridgehead atoms. The lowest BCUT2D eigenvalue weighted by atomic mass is 10.1. The van der Waals surface area contributed by atoms with Crippen LogP contribution in [-0.4, -0.2) is 24.7 Å². The first kappa shape index (κ1) is 13.3. The number of rotatable bonds is 4. The summed E-state index contributed by atoms with van der Waals surface area (Å²) in [6.45, 7) is 2.36. The molecule has 0 saturated heterocycles. The molecule has 1 unspecified atom stereocenters. The summed E-state index contributed by atoms with van der Waals surface area (Å²) >= 11 is 6.01. The largest absolute Gasteiger partial charge is 0.478 e. The average Bonchev–Trinajstić information content (AvgIpc) is 2.28. The van der Waals surface area contributed by atoms with E-state index in [9.17, 15) is 4.79 Å². The van der Waals surface area contributed by atoms with E-state index in [1.165, 1.54) is 12.1 Å². The highest BCUT2D eigenvalue weighted by atomic mass is 35.5. The molecule has 0 radical (unpaired) electrons. The highest BCUT2D eigenvalue weighted by molar-refractivity contribution is 6.33. The topological polar surface area (TPSA) is 64.3 Å². The molecule has 0 aliphatic rings. The van der Waals surface area contributed by atoms with Crippen LogP contribution in [0.5, 0.6) is 0 Å². The molecule has 1 N–H and O–H groups in total. The van der Waals surface area contributed by atoms with Crippen LogP contribution in [0.3, 0.4) is 0 Å². The van der Waals surface area contributed by atoms with E-state index in [1.54, 1.807) is 6.07 Å². The lowest BCUT2D eigenvalue weighted by Crippen LogP contribution is -2.23. The molecular formula is C12H13ClN2O2. The third-order valence-corrected chi connectivity index (χ3v) is 2.68. The monoisotopic (exact) mass is 252 g/mol. The van der Waals surface area contributed by atoms with Crippen molar-refractivity contribution in [2.75, 3.05) is 18.5 Å². The molecule has 4 nitrogen and oxygen atoms in total. The Bertz CT molecular complexity index is 468. The third-order valence-electron chi connectivity index (χ3n) is 2.37. The lowest BCUT2D eigenvalue weighted by molar-refractivity contribution is 0.0697. The van der Waals surface area contributed by atoms with Crippen LogP contribution in [0.15, 0.2) is 18.2 Å².